The number of halogens is 2. The van der Waals surface area contributed by atoms with Crippen LogP contribution in [0.2, 0.25) is 0 Å². The number of nitrogens with two attached hydrogens (primary N) is 1. The summed E-state index contributed by atoms with van der Waals surface area (Å²) >= 11 is 0. The summed E-state index contributed by atoms with van der Waals surface area (Å²) in [6.45, 7) is 1.90. The molecule has 0 bridgehead atoms. The van der Waals surface area contributed by atoms with Crippen molar-refractivity contribution in [2.24, 2.45) is 5.73 Å². The lowest BCUT2D eigenvalue weighted by atomic mass is 9.98. The van der Waals surface area contributed by atoms with Gasteiger partial charge in [0.15, 0.2) is 11.5 Å². The number of aliphatic hydroxyl groups is 1. The molecule has 1 heterocycles. The average molecular weight is 259 g/mol. The highest BCUT2D eigenvalue weighted by Crippen LogP contribution is 2.45. The van der Waals surface area contributed by atoms with Gasteiger partial charge in [-0.05, 0) is 12.5 Å². The first-order chi connectivity index (χ1) is 8.44. The number of rotatable bonds is 4. The van der Waals surface area contributed by atoms with Crippen molar-refractivity contribution in [3.8, 4) is 11.5 Å². The summed E-state index contributed by atoms with van der Waals surface area (Å²) < 4.78 is 34.7. The molecular formula is C12H15F2NO3. The molecule has 0 unspecified atom stereocenters. The van der Waals surface area contributed by atoms with Crippen molar-refractivity contribution >= 4 is 0 Å². The lowest BCUT2D eigenvalue weighted by Crippen LogP contribution is -2.28. The zero-order valence-electron chi connectivity index (χ0n) is 9.90. The van der Waals surface area contributed by atoms with Gasteiger partial charge in [0.1, 0.15) is 0 Å². The van der Waals surface area contributed by atoms with Gasteiger partial charge in [0.2, 0.25) is 0 Å². The molecule has 6 heteroatoms. The minimum atomic E-state index is -3.67. The topological polar surface area (TPSA) is 64.7 Å². The molecule has 100 valence electrons. The molecule has 1 aromatic rings. The Balaban J connectivity index is 2.29. The van der Waals surface area contributed by atoms with E-state index in [0.717, 1.165) is 6.42 Å². The zero-order chi connectivity index (χ0) is 13.3. The summed E-state index contributed by atoms with van der Waals surface area (Å²) in [5, 5.41) is 9.82. The number of ether oxygens (including phenoxy) is 2. The van der Waals surface area contributed by atoms with Crippen LogP contribution in [-0.2, 0) is 0 Å². The summed E-state index contributed by atoms with van der Waals surface area (Å²) in [6, 6.07) is 3.68. The first-order valence-corrected chi connectivity index (χ1v) is 5.77. The van der Waals surface area contributed by atoms with Crippen molar-refractivity contribution in [2.75, 3.05) is 0 Å². The van der Waals surface area contributed by atoms with Crippen molar-refractivity contribution < 1.29 is 23.4 Å². The maximum atomic E-state index is 13.0. The Hall–Kier alpha value is -1.40. The van der Waals surface area contributed by atoms with Gasteiger partial charge in [-0.3, -0.25) is 0 Å². The van der Waals surface area contributed by atoms with E-state index >= 15 is 0 Å². The molecule has 1 aliphatic heterocycles. The van der Waals surface area contributed by atoms with Crippen LogP contribution >= 0.6 is 0 Å². The number of alkyl halides is 2. The lowest BCUT2D eigenvalue weighted by molar-refractivity contribution is -0.287. The van der Waals surface area contributed by atoms with Crippen LogP contribution < -0.4 is 15.2 Å². The highest BCUT2D eigenvalue weighted by molar-refractivity contribution is 5.50. The molecule has 3 N–H and O–H groups in total. The fraction of sp³-hybridized carbons (Fsp3) is 0.500. The molecule has 0 fully saturated rings. The van der Waals surface area contributed by atoms with Crippen LogP contribution in [-0.4, -0.2) is 17.5 Å². The highest BCUT2D eigenvalue weighted by atomic mass is 19.3. The van der Waals surface area contributed by atoms with Crippen molar-refractivity contribution in [2.45, 2.75) is 38.2 Å². The third-order valence-electron chi connectivity index (χ3n) is 2.82. The molecule has 0 radical (unpaired) electrons. The summed E-state index contributed by atoms with van der Waals surface area (Å²) in [4.78, 5) is 0. The van der Waals surface area contributed by atoms with E-state index in [2.05, 4.69) is 9.47 Å². The van der Waals surface area contributed by atoms with Crippen LogP contribution in [0.3, 0.4) is 0 Å². The molecule has 0 aromatic heterocycles. The Bertz CT molecular complexity index is 439. The van der Waals surface area contributed by atoms with E-state index in [1.54, 1.807) is 6.07 Å². The third-order valence-corrected chi connectivity index (χ3v) is 2.82. The van der Waals surface area contributed by atoms with Crippen LogP contribution in [0.25, 0.3) is 0 Å². The molecule has 2 atom stereocenters. The molecule has 0 spiro atoms. The maximum Gasteiger partial charge on any atom is 0.586 e. The predicted octanol–water partition coefficient (Wildman–Crippen LogP) is 2.17. The van der Waals surface area contributed by atoms with Crippen LogP contribution in [0.15, 0.2) is 18.2 Å². The van der Waals surface area contributed by atoms with Crippen molar-refractivity contribution in [3.05, 3.63) is 23.8 Å². The maximum absolute atomic E-state index is 13.0. The van der Waals surface area contributed by atoms with Crippen molar-refractivity contribution in [3.63, 3.8) is 0 Å². The summed E-state index contributed by atoms with van der Waals surface area (Å²) in [6.07, 6.45) is -3.24. The van der Waals surface area contributed by atoms with E-state index in [9.17, 15) is 13.9 Å². The van der Waals surface area contributed by atoms with Gasteiger partial charge in [0, 0.05) is 5.56 Å². The first kappa shape index (κ1) is 13.0. The minimum Gasteiger partial charge on any atom is -0.395 e. The lowest BCUT2D eigenvalue weighted by Gasteiger charge is -2.19. The largest absolute Gasteiger partial charge is 0.586 e. The van der Waals surface area contributed by atoms with Crippen molar-refractivity contribution in [1.29, 1.82) is 0 Å². The Labute approximate surface area is 103 Å². The Morgan fingerprint density at radius 3 is 2.78 bits per heavy atom. The highest BCUT2D eigenvalue weighted by Gasteiger charge is 2.45. The normalized spacial score (nSPS) is 19.6. The number of hydrogen-bond donors (Lipinski definition) is 2. The molecule has 1 aromatic carbocycles. The number of benzene rings is 1. The Morgan fingerprint density at radius 2 is 2.11 bits per heavy atom. The second-order valence-corrected chi connectivity index (χ2v) is 4.22. The van der Waals surface area contributed by atoms with Crippen LogP contribution in [0, 0.1) is 0 Å². The van der Waals surface area contributed by atoms with Gasteiger partial charge in [0.05, 0.1) is 12.1 Å². The zero-order valence-corrected chi connectivity index (χ0v) is 9.90. The number of hydrogen-bond acceptors (Lipinski definition) is 4. The van der Waals surface area contributed by atoms with E-state index in [1.807, 2.05) is 6.92 Å². The second kappa shape index (κ2) is 4.70. The molecule has 0 aliphatic carbocycles. The van der Waals surface area contributed by atoms with Gasteiger partial charge < -0.3 is 20.3 Å². The first-order valence-electron chi connectivity index (χ1n) is 5.77. The van der Waals surface area contributed by atoms with Crippen LogP contribution in [0.5, 0.6) is 11.5 Å². The quantitative estimate of drug-likeness (QED) is 0.869. The van der Waals surface area contributed by atoms with E-state index < -0.39 is 18.4 Å². The number of fused-ring (bicyclic) bond motifs is 1. The van der Waals surface area contributed by atoms with Gasteiger partial charge in [-0.2, -0.15) is 0 Å². The molecule has 0 saturated carbocycles. The Kier molecular flexibility index (Phi) is 3.41. The van der Waals surface area contributed by atoms with E-state index in [4.69, 9.17) is 5.73 Å². The second-order valence-electron chi connectivity index (χ2n) is 4.22. The fourth-order valence-electron chi connectivity index (χ4n) is 1.94. The van der Waals surface area contributed by atoms with Crippen LogP contribution in [0.1, 0.15) is 31.4 Å². The molecule has 18 heavy (non-hydrogen) atoms. The number of aliphatic hydroxyl groups excluding tert-OH is 1. The van der Waals surface area contributed by atoms with Gasteiger partial charge in [-0.1, -0.05) is 25.5 Å². The molecule has 2 rings (SSSR count). The molecule has 1 aliphatic rings. The fourth-order valence-corrected chi connectivity index (χ4v) is 1.94. The predicted molar refractivity (Wildman–Crippen MR) is 60.5 cm³/mol. The number of para-hydroxylation sites is 1. The average Bonchev–Trinajstić information content (AvgIpc) is 2.61. The van der Waals surface area contributed by atoms with Gasteiger partial charge in [0.25, 0.3) is 0 Å². The third kappa shape index (κ3) is 2.39. The molecule has 0 amide bonds. The summed E-state index contributed by atoms with van der Waals surface area (Å²) in [5.74, 6) is -0.151. The van der Waals surface area contributed by atoms with Gasteiger partial charge >= 0.3 is 6.29 Å². The van der Waals surface area contributed by atoms with E-state index in [0.29, 0.717) is 12.0 Å². The standard InChI is InChI=1S/C12H15F2NO3/c1-2-4-8(16)10(15)7-5-3-6-9-11(7)18-12(13,14)17-9/h3,5-6,8,10,16H,2,4,15H2,1H3/t8-,10+/m0/s1. The molecular weight excluding hydrogens is 244 g/mol. The molecule has 4 nitrogen and oxygen atoms in total. The van der Waals surface area contributed by atoms with E-state index in [-0.39, 0.29) is 11.5 Å². The SMILES string of the molecule is CCC[C@H](O)[C@H](N)c1cccc2c1OC(F)(F)O2. The molecule has 0 saturated heterocycles. The van der Waals surface area contributed by atoms with Crippen molar-refractivity contribution in [1.82, 2.24) is 0 Å². The monoisotopic (exact) mass is 259 g/mol. The van der Waals surface area contributed by atoms with Gasteiger partial charge in [-0.25, -0.2) is 0 Å². The van der Waals surface area contributed by atoms with Gasteiger partial charge in [-0.15, -0.1) is 8.78 Å². The summed E-state index contributed by atoms with van der Waals surface area (Å²) in [5.41, 5.74) is 6.18. The van der Waals surface area contributed by atoms with E-state index in [1.165, 1.54) is 12.1 Å². The minimum absolute atomic E-state index is 0.0587. The Morgan fingerprint density at radius 1 is 1.39 bits per heavy atom. The van der Waals surface area contributed by atoms with Crippen LogP contribution in [0.4, 0.5) is 8.78 Å². The summed E-state index contributed by atoms with van der Waals surface area (Å²) in [7, 11) is 0. The smallest absolute Gasteiger partial charge is 0.395 e.